The summed E-state index contributed by atoms with van der Waals surface area (Å²) in [5.74, 6) is -0.447. The molecule has 1 aliphatic heterocycles. The Bertz CT molecular complexity index is 1390. The van der Waals surface area contributed by atoms with Crippen LogP contribution in [0, 0.1) is 0 Å². The van der Waals surface area contributed by atoms with Gasteiger partial charge in [0.05, 0.1) is 12.8 Å². The molecule has 16 heteroatoms. The number of nitrogens with one attached hydrogen (secondary N) is 3. The third-order valence-corrected chi connectivity index (χ3v) is 6.68. The number of piperazine rings is 1. The van der Waals surface area contributed by atoms with Crippen molar-refractivity contribution in [1.29, 1.82) is 0 Å². The molecule has 1 atom stereocenters. The van der Waals surface area contributed by atoms with E-state index in [-0.39, 0.29) is 30.0 Å². The highest BCUT2D eigenvalue weighted by Crippen LogP contribution is 2.35. The van der Waals surface area contributed by atoms with Crippen LogP contribution < -0.4 is 25.0 Å². The average molecular weight is 581 g/mol. The number of carbonyl (C=O) groups is 1. The predicted octanol–water partition coefficient (Wildman–Crippen LogP) is 2.87. The highest BCUT2D eigenvalue weighted by molar-refractivity contribution is 7.80. The normalized spacial score (nSPS) is 14.4. The Kier molecular flexibility index (Phi) is 9.01. The van der Waals surface area contributed by atoms with Gasteiger partial charge in [-0.15, -0.1) is 0 Å². The van der Waals surface area contributed by atoms with Gasteiger partial charge in [-0.05, 0) is 24.3 Å². The number of hydrogen-bond donors (Lipinski definition) is 4. The summed E-state index contributed by atoms with van der Waals surface area (Å²) >= 11 is -2.39. The molecule has 4 N–H and O–H groups in total. The van der Waals surface area contributed by atoms with E-state index in [2.05, 4.69) is 30.9 Å². The Morgan fingerprint density at radius 2 is 2.00 bits per heavy atom. The maximum absolute atomic E-state index is 13.7. The molecule has 1 unspecified atom stereocenters. The summed E-state index contributed by atoms with van der Waals surface area (Å²) in [6, 6.07) is 7.80. The van der Waals surface area contributed by atoms with Crippen LogP contribution in [0.5, 0.6) is 5.75 Å². The first-order valence-electron chi connectivity index (χ1n) is 12.0. The highest BCUT2D eigenvalue weighted by Gasteiger charge is 2.35. The average Bonchev–Trinajstić information content (AvgIpc) is 2.95. The fourth-order valence-corrected chi connectivity index (χ4v) is 4.30. The zero-order valence-electron chi connectivity index (χ0n) is 21.5. The van der Waals surface area contributed by atoms with Crippen molar-refractivity contribution in [1.82, 2.24) is 25.2 Å². The molecular formula is C24H27F3N8O4S. The quantitative estimate of drug-likeness (QED) is 0.279. The molecule has 2 aromatic heterocycles. The summed E-state index contributed by atoms with van der Waals surface area (Å²) in [5, 5.41) is 8.67. The third kappa shape index (κ3) is 6.75. The van der Waals surface area contributed by atoms with Crippen LogP contribution >= 0.6 is 0 Å². The monoisotopic (exact) mass is 580 g/mol. The predicted molar refractivity (Wildman–Crippen MR) is 143 cm³/mol. The molecule has 4 rings (SSSR count). The smallest absolute Gasteiger partial charge is 0.421 e. The number of amides is 1. The molecule has 3 aromatic rings. The van der Waals surface area contributed by atoms with Crippen molar-refractivity contribution in [2.24, 2.45) is 0 Å². The van der Waals surface area contributed by atoms with Gasteiger partial charge in [0.2, 0.25) is 5.95 Å². The molecule has 1 aliphatic rings. The van der Waals surface area contributed by atoms with E-state index in [1.807, 2.05) is 0 Å². The number of halogens is 3. The number of alkyl halides is 3. The minimum atomic E-state index is -4.76. The van der Waals surface area contributed by atoms with Crippen LogP contribution in [-0.2, 0) is 24.0 Å². The number of aromatic nitrogens is 3. The first kappa shape index (κ1) is 29.0. The number of hydrogen-bond acceptors (Lipinski definition) is 9. The second-order valence-corrected chi connectivity index (χ2v) is 9.61. The second kappa shape index (κ2) is 12.4. The van der Waals surface area contributed by atoms with Crippen molar-refractivity contribution in [3.05, 3.63) is 59.4 Å². The zero-order chi connectivity index (χ0) is 28.9. The summed E-state index contributed by atoms with van der Waals surface area (Å²) in [6.45, 7) is 2.36. The van der Waals surface area contributed by atoms with E-state index in [1.54, 1.807) is 35.2 Å². The van der Waals surface area contributed by atoms with Crippen molar-refractivity contribution in [3.63, 3.8) is 0 Å². The molecule has 214 valence electrons. The van der Waals surface area contributed by atoms with Crippen molar-refractivity contribution >= 4 is 40.4 Å². The van der Waals surface area contributed by atoms with Gasteiger partial charge in [0.25, 0.3) is 17.2 Å². The van der Waals surface area contributed by atoms with Gasteiger partial charge in [-0.3, -0.25) is 13.7 Å². The number of pyridine rings is 1. The van der Waals surface area contributed by atoms with Gasteiger partial charge in [-0.1, -0.05) is 6.07 Å². The van der Waals surface area contributed by atoms with E-state index in [9.17, 15) is 26.7 Å². The summed E-state index contributed by atoms with van der Waals surface area (Å²) in [7, 11) is 2.73. The molecule has 40 heavy (non-hydrogen) atoms. The van der Waals surface area contributed by atoms with Crippen molar-refractivity contribution in [2.45, 2.75) is 12.7 Å². The first-order chi connectivity index (χ1) is 19.1. The Morgan fingerprint density at radius 1 is 1.25 bits per heavy atom. The summed E-state index contributed by atoms with van der Waals surface area (Å²) in [4.78, 5) is 26.5. The molecule has 1 aromatic carbocycles. The molecule has 1 fully saturated rings. The topological polar surface area (TPSA) is 145 Å². The summed E-state index contributed by atoms with van der Waals surface area (Å²) < 4.78 is 68.5. The van der Waals surface area contributed by atoms with Gasteiger partial charge in [0.1, 0.15) is 22.9 Å². The zero-order valence-corrected chi connectivity index (χ0v) is 22.3. The highest BCUT2D eigenvalue weighted by atomic mass is 32.2. The number of rotatable bonds is 9. The SMILES string of the molecule is COc1cc(C(=O)N2CCNCC2)ccc1Nc1ncc(C(F)(F)F)c(NCc2cccnc2N(C)S(=O)O)n1. The number of benzene rings is 1. The fourth-order valence-electron chi connectivity index (χ4n) is 3.99. The Hall–Kier alpha value is -4.02. The largest absolute Gasteiger partial charge is 0.495 e. The standard InChI is InChI=1S/C24H27F3N8O4S/c1-34(40(37)38)21-16(4-3-7-29-21)13-30-20-17(24(25,26)27)14-31-23(33-20)32-18-6-5-15(12-19(18)39-2)22(36)35-10-8-28-9-11-35/h3-7,12,14,28H,8-11,13H2,1-2H3,(H,37,38)(H2,30,31,32,33). The number of methoxy groups -OCH3 is 1. The van der Waals surface area contributed by atoms with Crippen LogP contribution in [-0.4, -0.2) is 74.9 Å². The Labute approximate surface area is 230 Å². The van der Waals surface area contributed by atoms with Crippen LogP contribution in [0.4, 0.5) is 36.4 Å². The van der Waals surface area contributed by atoms with Crippen LogP contribution in [0.25, 0.3) is 0 Å². The lowest BCUT2D eigenvalue weighted by atomic mass is 10.1. The molecule has 1 amide bonds. The van der Waals surface area contributed by atoms with Crippen molar-refractivity contribution < 1.29 is 31.5 Å². The molecule has 12 nitrogen and oxygen atoms in total. The number of nitrogens with zero attached hydrogens (tertiary/aromatic N) is 5. The van der Waals surface area contributed by atoms with Gasteiger partial charge in [0.15, 0.2) is 0 Å². The lowest BCUT2D eigenvalue weighted by Crippen LogP contribution is -2.46. The van der Waals surface area contributed by atoms with Gasteiger partial charge >= 0.3 is 6.18 Å². The Morgan fingerprint density at radius 3 is 2.67 bits per heavy atom. The molecule has 0 radical (unpaired) electrons. The minimum absolute atomic E-state index is 0.108. The number of anilines is 4. The molecule has 0 aliphatic carbocycles. The van der Waals surface area contributed by atoms with Gasteiger partial charge in [-0.2, -0.15) is 18.2 Å². The van der Waals surface area contributed by atoms with E-state index in [0.29, 0.717) is 49.2 Å². The first-order valence-corrected chi connectivity index (χ1v) is 13.1. The summed E-state index contributed by atoms with van der Waals surface area (Å²) in [5.41, 5.74) is -0.000667. The maximum Gasteiger partial charge on any atom is 0.421 e. The van der Waals surface area contributed by atoms with E-state index < -0.39 is 28.8 Å². The van der Waals surface area contributed by atoms with Crippen LogP contribution in [0.15, 0.2) is 42.7 Å². The lowest BCUT2D eigenvalue weighted by Gasteiger charge is -2.27. The molecule has 0 bridgehead atoms. The fraction of sp³-hybridized carbons (Fsp3) is 0.333. The van der Waals surface area contributed by atoms with E-state index in [1.165, 1.54) is 20.4 Å². The lowest BCUT2D eigenvalue weighted by molar-refractivity contribution is -0.137. The molecule has 3 heterocycles. The maximum atomic E-state index is 13.7. The van der Waals surface area contributed by atoms with Crippen LogP contribution in [0.1, 0.15) is 21.5 Å². The molecule has 1 saturated heterocycles. The Balaban J connectivity index is 1.58. The van der Waals surface area contributed by atoms with E-state index in [0.717, 1.165) is 4.31 Å². The number of ether oxygens (including phenoxy) is 1. The second-order valence-electron chi connectivity index (χ2n) is 8.60. The molecule has 0 saturated carbocycles. The van der Waals surface area contributed by atoms with E-state index in [4.69, 9.17) is 4.74 Å². The van der Waals surface area contributed by atoms with E-state index >= 15 is 0 Å². The third-order valence-electron chi connectivity index (χ3n) is 6.04. The van der Waals surface area contributed by atoms with Crippen LogP contribution in [0.2, 0.25) is 0 Å². The van der Waals surface area contributed by atoms with Gasteiger partial charge < -0.3 is 25.6 Å². The van der Waals surface area contributed by atoms with Gasteiger partial charge in [-0.25, -0.2) is 14.2 Å². The summed E-state index contributed by atoms with van der Waals surface area (Å²) in [6.07, 6.45) is -2.72. The van der Waals surface area contributed by atoms with Gasteiger partial charge in [0, 0.05) is 63.3 Å². The van der Waals surface area contributed by atoms with Crippen molar-refractivity contribution in [2.75, 3.05) is 55.3 Å². The number of carbonyl (C=O) groups excluding carboxylic acids is 1. The van der Waals surface area contributed by atoms with Crippen molar-refractivity contribution in [3.8, 4) is 5.75 Å². The minimum Gasteiger partial charge on any atom is -0.495 e. The molecule has 0 spiro atoms. The van der Waals surface area contributed by atoms with Crippen LogP contribution in [0.3, 0.4) is 0 Å². The molecular weight excluding hydrogens is 553 g/mol.